The van der Waals surface area contributed by atoms with Crippen molar-refractivity contribution >= 4 is 15.9 Å². The lowest BCUT2D eigenvalue weighted by Crippen LogP contribution is -2.43. The summed E-state index contributed by atoms with van der Waals surface area (Å²) in [7, 11) is -3.30. The Morgan fingerprint density at radius 1 is 1.46 bits per heavy atom. The molecule has 0 saturated carbocycles. The number of amidine groups is 1. The van der Waals surface area contributed by atoms with Crippen molar-refractivity contribution in [1.82, 2.24) is 4.72 Å². The predicted octanol–water partition coefficient (Wildman–Crippen LogP) is -0.114. The summed E-state index contributed by atoms with van der Waals surface area (Å²) < 4.78 is 24.9. The summed E-state index contributed by atoms with van der Waals surface area (Å²) in [5, 5.41) is 7.01. The van der Waals surface area contributed by atoms with Gasteiger partial charge in [-0.1, -0.05) is 13.8 Å². The van der Waals surface area contributed by atoms with Gasteiger partial charge in [-0.2, -0.15) is 0 Å². The third kappa shape index (κ3) is 5.59. The third-order valence-electron chi connectivity index (χ3n) is 1.38. The lowest BCUT2D eigenvalue weighted by atomic mass is 10.3. The number of nitrogens with one attached hydrogen (secondary N) is 2. The van der Waals surface area contributed by atoms with E-state index < -0.39 is 16.1 Å². The van der Waals surface area contributed by atoms with Gasteiger partial charge in [0.15, 0.2) is 0 Å². The van der Waals surface area contributed by atoms with Gasteiger partial charge in [0.1, 0.15) is 5.84 Å². The summed E-state index contributed by atoms with van der Waals surface area (Å²) >= 11 is 0. The highest BCUT2D eigenvalue weighted by molar-refractivity contribution is 7.89. The van der Waals surface area contributed by atoms with Crippen molar-refractivity contribution in [2.45, 2.75) is 26.8 Å². The Balaban J connectivity index is 4.27. The molecule has 6 heteroatoms. The molecule has 0 saturated heterocycles. The molecule has 0 aliphatic carbocycles. The molecule has 0 aromatic carbocycles. The molecule has 0 aromatic rings. The molecule has 0 heterocycles. The number of nitrogens with two attached hydrogens (primary N) is 1. The SMILES string of the molecule is CC(C)CS(=O)(=O)NC(C)C(=N)N. The fourth-order valence-electron chi connectivity index (χ4n) is 0.820. The quantitative estimate of drug-likeness (QED) is 0.433. The Kier molecular flexibility index (Phi) is 4.35. The largest absolute Gasteiger partial charge is 0.386 e. The van der Waals surface area contributed by atoms with Crippen LogP contribution in [0.5, 0.6) is 0 Å². The number of hydrogen-bond acceptors (Lipinski definition) is 3. The summed E-state index contributed by atoms with van der Waals surface area (Å²) in [6.45, 7) is 5.18. The highest BCUT2D eigenvalue weighted by Gasteiger charge is 2.17. The van der Waals surface area contributed by atoms with Gasteiger partial charge in [-0.15, -0.1) is 0 Å². The smallest absolute Gasteiger partial charge is 0.212 e. The first-order valence-corrected chi connectivity index (χ1v) is 5.73. The highest BCUT2D eigenvalue weighted by atomic mass is 32.2. The van der Waals surface area contributed by atoms with E-state index in [2.05, 4.69) is 4.72 Å². The standard InChI is InChI=1S/C7H17N3O2S/c1-5(2)4-13(11,12)10-6(3)7(8)9/h5-6,10H,4H2,1-3H3,(H3,8,9). The van der Waals surface area contributed by atoms with Crippen molar-refractivity contribution in [3.8, 4) is 0 Å². The Hall–Kier alpha value is -0.620. The van der Waals surface area contributed by atoms with Crippen molar-refractivity contribution in [2.24, 2.45) is 11.7 Å². The van der Waals surface area contributed by atoms with Gasteiger partial charge in [0, 0.05) is 0 Å². The Morgan fingerprint density at radius 3 is 2.23 bits per heavy atom. The van der Waals surface area contributed by atoms with Crippen molar-refractivity contribution in [1.29, 1.82) is 5.41 Å². The molecule has 1 unspecified atom stereocenters. The molecule has 1 atom stereocenters. The first-order valence-electron chi connectivity index (χ1n) is 4.08. The van der Waals surface area contributed by atoms with Crippen molar-refractivity contribution < 1.29 is 8.42 Å². The van der Waals surface area contributed by atoms with Crippen LogP contribution in [-0.2, 0) is 10.0 Å². The lowest BCUT2D eigenvalue weighted by Gasteiger charge is -2.13. The van der Waals surface area contributed by atoms with Crippen LogP contribution in [0, 0.1) is 11.3 Å². The second-order valence-electron chi connectivity index (χ2n) is 3.47. The number of hydrogen-bond donors (Lipinski definition) is 3. The summed E-state index contributed by atoms with van der Waals surface area (Å²) in [6, 6.07) is -0.622. The van der Waals surface area contributed by atoms with Gasteiger partial charge in [-0.3, -0.25) is 5.41 Å². The van der Waals surface area contributed by atoms with Crippen LogP contribution in [0.25, 0.3) is 0 Å². The summed E-state index contributed by atoms with van der Waals surface area (Å²) in [4.78, 5) is 0. The van der Waals surface area contributed by atoms with Gasteiger partial charge in [-0.05, 0) is 12.8 Å². The van der Waals surface area contributed by atoms with Crippen LogP contribution in [0.4, 0.5) is 0 Å². The summed E-state index contributed by atoms with van der Waals surface area (Å²) in [5.74, 6) is -0.0473. The normalized spacial score (nSPS) is 14.5. The molecule has 0 amide bonds. The minimum atomic E-state index is -3.30. The molecule has 0 aromatic heterocycles. The number of rotatable bonds is 5. The minimum Gasteiger partial charge on any atom is -0.386 e. The van der Waals surface area contributed by atoms with E-state index in [-0.39, 0.29) is 17.5 Å². The van der Waals surface area contributed by atoms with E-state index >= 15 is 0 Å². The maximum Gasteiger partial charge on any atom is 0.212 e. The molecule has 0 radical (unpaired) electrons. The molecule has 0 aliphatic heterocycles. The fraction of sp³-hybridized carbons (Fsp3) is 0.857. The van der Waals surface area contributed by atoms with Crippen molar-refractivity contribution in [2.75, 3.05) is 5.75 Å². The van der Waals surface area contributed by atoms with E-state index in [9.17, 15) is 8.42 Å². The van der Waals surface area contributed by atoms with Crippen LogP contribution in [0.1, 0.15) is 20.8 Å². The molecule has 0 rings (SSSR count). The molecule has 78 valence electrons. The van der Waals surface area contributed by atoms with Crippen LogP contribution in [0.15, 0.2) is 0 Å². The van der Waals surface area contributed by atoms with Crippen LogP contribution >= 0.6 is 0 Å². The van der Waals surface area contributed by atoms with Crippen LogP contribution in [0.3, 0.4) is 0 Å². The second-order valence-corrected chi connectivity index (χ2v) is 5.27. The van der Waals surface area contributed by atoms with E-state index in [1.165, 1.54) is 0 Å². The maximum absolute atomic E-state index is 11.3. The maximum atomic E-state index is 11.3. The Bertz CT molecular complexity index is 271. The Labute approximate surface area is 79.3 Å². The van der Waals surface area contributed by atoms with Gasteiger partial charge >= 0.3 is 0 Å². The average molecular weight is 207 g/mol. The zero-order chi connectivity index (χ0) is 10.6. The first-order chi connectivity index (χ1) is 5.74. The monoisotopic (exact) mass is 207 g/mol. The fourth-order valence-corrected chi connectivity index (χ4v) is 2.46. The molecular formula is C7H17N3O2S. The molecule has 0 bridgehead atoms. The average Bonchev–Trinajstić information content (AvgIpc) is 1.81. The molecule has 0 spiro atoms. The van der Waals surface area contributed by atoms with E-state index in [1.807, 2.05) is 13.8 Å². The van der Waals surface area contributed by atoms with Crippen LogP contribution in [-0.4, -0.2) is 26.0 Å². The number of sulfonamides is 1. The lowest BCUT2D eigenvalue weighted by molar-refractivity contribution is 0.565. The van der Waals surface area contributed by atoms with Gasteiger partial charge < -0.3 is 5.73 Å². The Morgan fingerprint density at radius 2 is 1.92 bits per heavy atom. The molecule has 13 heavy (non-hydrogen) atoms. The summed E-state index contributed by atoms with van der Waals surface area (Å²) in [6.07, 6.45) is 0. The van der Waals surface area contributed by atoms with Crippen LogP contribution in [0.2, 0.25) is 0 Å². The predicted molar refractivity (Wildman–Crippen MR) is 53.1 cm³/mol. The highest BCUT2D eigenvalue weighted by Crippen LogP contribution is 1.98. The zero-order valence-corrected chi connectivity index (χ0v) is 8.98. The molecule has 0 aliphatic rings. The van der Waals surface area contributed by atoms with E-state index in [0.717, 1.165) is 0 Å². The third-order valence-corrected chi connectivity index (χ3v) is 3.19. The van der Waals surface area contributed by atoms with Gasteiger partial charge in [0.05, 0.1) is 11.8 Å². The molecule has 0 fully saturated rings. The topological polar surface area (TPSA) is 96.0 Å². The zero-order valence-electron chi connectivity index (χ0n) is 8.16. The molecule has 5 nitrogen and oxygen atoms in total. The molecular weight excluding hydrogens is 190 g/mol. The van der Waals surface area contributed by atoms with Gasteiger partial charge in [0.25, 0.3) is 0 Å². The van der Waals surface area contributed by atoms with E-state index in [0.29, 0.717) is 0 Å². The van der Waals surface area contributed by atoms with E-state index in [1.54, 1.807) is 6.92 Å². The first kappa shape index (κ1) is 12.4. The minimum absolute atomic E-state index is 0.0601. The van der Waals surface area contributed by atoms with Crippen molar-refractivity contribution in [3.63, 3.8) is 0 Å². The van der Waals surface area contributed by atoms with Gasteiger partial charge in [0.2, 0.25) is 10.0 Å². The van der Waals surface area contributed by atoms with Crippen LogP contribution < -0.4 is 10.5 Å². The second kappa shape index (κ2) is 4.57. The van der Waals surface area contributed by atoms with Gasteiger partial charge in [-0.25, -0.2) is 13.1 Å². The van der Waals surface area contributed by atoms with E-state index in [4.69, 9.17) is 11.1 Å². The summed E-state index contributed by atoms with van der Waals surface area (Å²) in [5.41, 5.74) is 5.13. The molecule has 4 N–H and O–H groups in total. The van der Waals surface area contributed by atoms with Crippen molar-refractivity contribution in [3.05, 3.63) is 0 Å².